The van der Waals surface area contributed by atoms with Crippen LogP contribution < -0.4 is 0 Å². The van der Waals surface area contributed by atoms with Crippen LogP contribution >= 0.6 is 0 Å². The topological polar surface area (TPSA) is 38.9 Å². The summed E-state index contributed by atoms with van der Waals surface area (Å²) in [5.74, 6) is 0.572. The van der Waals surface area contributed by atoms with Gasteiger partial charge in [-0.05, 0) is 142 Å². The Bertz CT molecular complexity index is 3200. The normalized spacial score (nSPS) is 11.8. The molecule has 0 saturated carbocycles. The van der Waals surface area contributed by atoms with Crippen molar-refractivity contribution < 1.29 is 4.42 Å². The number of fused-ring (bicyclic) bond motifs is 8. The number of aromatic nitrogens is 2. The van der Waals surface area contributed by atoms with Crippen molar-refractivity contribution in [2.75, 3.05) is 0 Å². The third kappa shape index (κ3) is 4.90. The van der Waals surface area contributed by atoms with Gasteiger partial charge < -0.3 is 4.42 Å². The first-order chi connectivity index (χ1) is 26.2. The number of oxazole rings is 1. The van der Waals surface area contributed by atoms with E-state index in [2.05, 4.69) is 174 Å². The van der Waals surface area contributed by atoms with Gasteiger partial charge in [0.05, 0.1) is 0 Å². The highest BCUT2D eigenvalue weighted by Crippen LogP contribution is 2.43. The first kappa shape index (κ1) is 29.6. The van der Waals surface area contributed by atoms with Gasteiger partial charge in [-0.15, -0.1) is 0 Å². The third-order valence-corrected chi connectivity index (χ3v) is 10.7. The second-order valence-corrected chi connectivity index (χ2v) is 13.8. The molecule has 0 amide bonds. The zero-order valence-corrected chi connectivity index (χ0v) is 28.6. The molecule has 2 aromatic heterocycles. The molecule has 0 spiro atoms. The standard InChI is InChI=1S/C50H30N2O/c1-3-10-35-26-38(21-17-31(35)8-1)43-29-47-42-24-23-37(33-15-19-34(20-16-33)50-52-49-48(53-50)14-7-25-51-49)28-45(42)44(30-46(47)41-13-6-5-12-40(41)43)39-22-18-32-9-2-4-11-36(32)27-39/h1-30H. The van der Waals surface area contributed by atoms with Gasteiger partial charge in [-0.3, -0.25) is 0 Å². The Hall–Kier alpha value is -7.10. The number of hydrogen-bond donors (Lipinski definition) is 0. The van der Waals surface area contributed by atoms with Crippen LogP contribution in [0.5, 0.6) is 0 Å². The van der Waals surface area contributed by atoms with Crippen molar-refractivity contribution in [3.05, 3.63) is 182 Å². The molecule has 3 heteroatoms. The molecule has 0 aliphatic carbocycles. The van der Waals surface area contributed by atoms with Crippen molar-refractivity contribution in [3.8, 4) is 44.8 Å². The first-order valence-corrected chi connectivity index (χ1v) is 18.0. The van der Waals surface area contributed by atoms with Crippen LogP contribution in [0, 0.1) is 0 Å². The van der Waals surface area contributed by atoms with Crippen molar-refractivity contribution in [1.82, 2.24) is 9.97 Å². The van der Waals surface area contributed by atoms with Gasteiger partial charge >= 0.3 is 0 Å². The van der Waals surface area contributed by atoms with Crippen molar-refractivity contribution in [3.63, 3.8) is 0 Å². The lowest BCUT2D eigenvalue weighted by molar-refractivity contribution is 0.619. The van der Waals surface area contributed by atoms with Gasteiger partial charge in [0.1, 0.15) is 0 Å². The molecule has 2 heterocycles. The van der Waals surface area contributed by atoms with Gasteiger partial charge in [-0.25, -0.2) is 4.98 Å². The summed E-state index contributed by atoms with van der Waals surface area (Å²) in [6.07, 6.45) is 1.74. The second kappa shape index (κ2) is 11.7. The fraction of sp³-hybridized carbons (Fsp3) is 0. The lowest BCUT2D eigenvalue weighted by Gasteiger charge is -2.17. The molecule has 9 aromatic carbocycles. The van der Waals surface area contributed by atoms with Crippen molar-refractivity contribution in [1.29, 1.82) is 0 Å². The van der Waals surface area contributed by atoms with Crippen LogP contribution in [-0.4, -0.2) is 9.97 Å². The first-order valence-electron chi connectivity index (χ1n) is 18.0. The zero-order chi connectivity index (χ0) is 34.9. The van der Waals surface area contributed by atoms with Gasteiger partial charge in [0.2, 0.25) is 5.89 Å². The van der Waals surface area contributed by atoms with E-state index in [9.17, 15) is 0 Å². The molecule has 11 rings (SSSR count). The fourth-order valence-electron chi connectivity index (χ4n) is 8.07. The molecule has 0 saturated heterocycles. The predicted octanol–water partition coefficient (Wildman–Crippen LogP) is 13.7. The molecule has 0 bridgehead atoms. The Morgan fingerprint density at radius 1 is 0.340 bits per heavy atom. The van der Waals surface area contributed by atoms with Crippen LogP contribution in [0.4, 0.5) is 0 Å². The lowest BCUT2D eigenvalue weighted by Crippen LogP contribution is -1.90. The SMILES string of the molecule is c1ccc2cc(-c3cc4c5ccc(-c6ccc(-c7nc8ncccc8o7)cc6)cc5c(-c5ccc6ccccc6c5)cc4c4ccccc34)ccc2c1. The molecule has 0 N–H and O–H groups in total. The maximum Gasteiger partial charge on any atom is 0.228 e. The molecule has 0 radical (unpaired) electrons. The van der Waals surface area contributed by atoms with E-state index in [1.807, 2.05) is 12.1 Å². The Labute approximate surface area is 305 Å². The molecule has 0 aliphatic rings. The van der Waals surface area contributed by atoms with Gasteiger partial charge in [-0.2, -0.15) is 4.98 Å². The summed E-state index contributed by atoms with van der Waals surface area (Å²) in [5, 5.41) is 12.4. The molecular formula is C50H30N2O. The summed E-state index contributed by atoms with van der Waals surface area (Å²) >= 11 is 0. The van der Waals surface area contributed by atoms with Crippen LogP contribution in [0.15, 0.2) is 187 Å². The minimum absolute atomic E-state index is 0.572. The number of benzene rings is 9. The summed E-state index contributed by atoms with van der Waals surface area (Å²) in [6.45, 7) is 0. The highest BCUT2D eigenvalue weighted by atomic mass is 16.3. The molecule has 0 unspecified atom stereocenters. The van der Waals surface area contributed by atoms with E-state index in [4.69, 9.17) is 4.42 Å². The molecule has 11 aromatic rings. The average molecular weight is 675 g/mol. The van der Waals surface area contributed by atoms with Crippen molar-refractivity contribution in [2.24, 2.45) is 0 Å². The van der Waals surface area contributed by atoms with Crippen molar-refractivity contribution >= 4 is 65.1 Å². The minimum atomic E-state index is 0.572. The monoisotopic (exact) mass is 674 g/mol. The maximum absolute atomic E-state index is 6.01. The minimum Gasteiger partial charge on any atom is -0.434 e. The molecule has 3 nitrogen and oxygen atoms in total. The number of hydrogen-bond acceptors (Lipinski definition) is 3. The van der Waals surface area contributed by atoms with E-state index in [1.54, 1.807) is 6.20 Å². The highest BCUT2D eigenvalue weighted by Gasteiger charge is 2.17. The maximum atomic E-state index is 6.01. The Kier molecular flexibility index (Phi) is 6.55. The molecule has 0 aliphatic heterocycles. The van der Waals surface area contributed by atoms with Gasteiger partial charge in [0, 0.05) is 11.8 Å². The van der Waals surface area contributed by atoms with Crippen molar-refractivity contribution in [2.45, 2.75) is 0 Å². The van der Waals surface area contributed by atoms with Crippen LogP contribution in [0.25, 0.3) is 110 Å². The van der Waals surface area contributed by atoms with E-state index in [-0.39, 0.29) is 0 Å². The van der Waals surface area contributed by atoms with Crippen LogP contribution in [-0.2, 0) is 0 Å². The molecule has 246 valence electrons. The highest BCUT2D eigenvalue weighted by molar-refractivity contribution is 6.24. The van der Waals surface area contributed by atoms with Gasteiger partial charge in [-0.1, -0.05) is 121 Å². The Balaban J connectivity index is 1.14. The fourth-order valence-corrected chi connectivity index (χ4v) is 8.07. The largest absolute Gasteiger partial charge is 0.434 e. The molecule has 0 fully saturated rings. The predicted molar refractivity (Wildman–Crippen MR) is 221 cm³/mol. The summed E-state index contributed by atoms with van der Waals surface area (Å²) in [5.41, 5.74) is 9.40. The van der Waals surface area contributed by atoms with Gasteiger partial charge in [0.15, 0.2) is 11.2 Å². The number of pyridine rings is 1. The summed E-state index contributed by atoms with van der Waals surface area (Å²) in [6, 6.07) is 63.7. The summed E-state index contributed by atoms with van der Waals surface area (Å²) in [4.78, 5) is 8.95. The molecule has 53 heavy (non-hydrogen) atoms. The van der Waals surface area contributed by atoms with E-state index < -0.39 is 0 Å². The van der Waals surface area contributed by atoms with E-state index in [1.165, 1.54) is 76.1 Å². The second-order valence-electron chi connectivity index (χ2n) is 13.8. The Morgan fingerprint density at radius 3 is 1.57 bits per heavy atom. The quantitative estimate of drug-likeness (QED) is 0.174. The molecular weight excluding hydrogens is 645 g/mol. The van der Waals surface area contributed by atoms with Crippen LogP contribution in [0.2, 0.25) is 0 Å². The van der Waals surface area contributed by atoms with E-state index >= 15 is 0 Å². The van der Waals surface area contributed by atoms with Crippen LogP contribution in [0.3, 0.4) is 0 Å². The number of rotatable bonds is 4. The van der Waals surface area contributed by atoms with E-state index in [0.717, 1.165) is 16.7 Å². The molecule has 0 atom stereocenters. The third-order valence-electron chi connectivity index (χ3n) is 10.7. The van der Waals surface area contributed by atoms with Crippen LogP contribution in [0.1, 0.15) is 0 Å². The average Bonchev–Trinajstić information content (AvgIpc) is 3.67. The summed E-state index contributed by atoms with van der Waals surface area (Å²) < 4.78 is 6.01. The Morgan fingerprint density at radius 2 is 0.887 bits per heavy atom. The summed E-state index contributed by atoms with van der Waals surface area (Å²) in [7, 11) is 0. The lowest BCUT2D eigenvalue weighted by atomic mass is 9.86. The van der Waals surface area contributed by atoms with E-state index in [0.29, 0.717) is 17.1 Å². The number of nitrogens with zero attached hydrogens (tertiary/aromatic N) is 2. The zero-order valence-electron chi connectivity index (χ0n) is 28.6. The van der Waals surface area contributed by atoms with Gasteiger partial charge in [0.25, 0.3) is 0 Å². The smallest absolute Gasteiger partial charge is 0.228 e.